The Balaban J connectivity index is 1.48. The monoisotopic (exact) mass is 434 g/mol. The van der Waals surface area contributed by atoms with Gasteiger partial charge in [0, 0.05) is 29.7 Å². The molecule has 0 unspecified atom stereocenters. The van der Waals surface area contributed by atoms with Crippen molar-refractivity contribution in [3.63, 3.8) is 0 Å². The maximum atomic E-state index is 12.7. The van der Waals surface area contributed by atoms with Crippen molar-refractivity contribution >= 4 is 23.8 Å². The van der Waals surface area contributed by atoms with Crippen molar-refractivity contribution in [1.29, 1.82) is 0 Å². The quantitative estimate of drug-likeness (QED) is 0.426. The van der Waals surface area contributed by atoms with Crippen molar-refractivity contribution in [3.05, 3.63) is 71.9 Å². The average Bonchev–Trinajstić information content (AvgIpc) is 3.14. The Bertz CT molecular complexity index is 1240. The molecule has 2 N–H and O–H groups in total. The third-order valence-electron chi connectivity index (χ3n) is 4.29. The number of carbonyl (C=O) groups excluding carboxylic acids is 1. The first kappa shape index (κ1) is 20.2. The van der Waals surface area contributed by atoms with E-state index >= 15 is 0 Å². The van der Waals surface area contributed by atoms with E-state index in [2.05, 4.69) is 25.5 Å². The predicted octanol–water partition coefficient (Wildman–Crippen LogP) is 3.84. The van der Waals surface area contributed by atoms with Crippen molar-refractivity contribution < 1.29 is 14.3 Å². The summed E-state index contributed by atoms with van der Waals surface area (Å²) in [5, 5.41) is 9.84. The van der Waals surface area contributed by atoms with Gasteiger partial charge in [-0.1, -0.05) is 6.07 Å². The molecule has 0 saturated heterocycles. The van der Waals surface area contributed by atoms with Gasteiger partial charge in [-0.15, -0.1) is 0 Å². The summed E-state index contributed by atoms with van der Waals surface area (Å²) in [7, 11) is 1.60. The topological polar surface area (TPSA) is 107 Å². The molecule has 0 aliphatic carbocycles. The molecule has 2 heterocycles. The maximum Gasteiger partial charge on any atom is 0.244 e. The first-order chi connectivity index (χ1) is 15.1. The molecule has 9 nitrogen and oxygen atoms in total. The van der Waals surface area contributed by atoms with Crippen LogP contribution in [0.3, 0.4) is 0 Å². The summed E-state index contributed by atoms with van der Waals surface area (Å²) in [4.78, 5) is 20.7. The molecule has 10 heteroatoms. The summed E-state index contributed by atoms with van der Waals surface area (Å²) in [6.45, 7) is -0.00799. The molecule has 4 aromatic rings. The van der Waals surface area contributed by atoms with E-state index < -0.39 is 0 Å². The first-order valence-electron chi connectivity index (χ1n) is 9.26. The Morgan fingerprint density at radius 1 is 1.16 bits per heavy atom. The van der Waals surface area contributed by atoms with E-state index in [9.17, 15) is 4.79 Å². The van der Waals surface area contributed by atoms with E-state index in [1.54, 1.807) is 42.1 Å². The number of H-pyrrole nitrogens is 1. The summed E-state index contributed by atoms with van der Waals surface area (Å²) >= 11 is 5.31. The second kappa shape index (κ2) is 9.18. The average molecular weight is 434 g/mol. The minimum absolute atomic E-state index is 0.00799. The van der Waals surface area contributed by atoms with Crippen molar-refractivity contribution in [2.24, 2.45) is 0 Å². The Labute approximate surface area is 182 Å². The number of carbonyl (C=O) groups is 1. The molecule has 1 amide bonds. The molecule has 31 heavy (non-hydrogen) atoms. The van der Waals surface area contributed by atoms with Crippen LogP contribution in [0.1, 0.15) is 0 Å². The molecular formula is C21H18N6O3S. The van der Waals surface area contributed by atoms with Gasteiger partial charge in [-0.3, -0.25) is 19.4 Å². The van der Waals surface area contributed by atoms with Gasteiger partial charge in [-0.2, -0.15) is 5.10 Å². The SMILES string of the molecule is COc1ccc(-c2n[nH]c(=S)n2CC(=O)Nc2cccc(Oc3cnccn3)c2)cc1. The number of aromatic nitrogens is 5. The third kappa shape index (κ3) is 4.93. The molecule has 0 aliphatic rings. The van der Waals surface area contributed by atoms with Crippen LogP contribution in [0.2, 0.25) is 0 Å². The van der Waals surface area contributed by atoms with Gasteiger partial charge >= 0.3 is 0 Å². The van der Waals surface area contributed by atoms with E-state index in [4.69, 9.17) is 21.7 Å². The van der Waals surface area contributed by atoms with Crippen molar-refractivity contribution in [1.82, 2.24) is 24.7 Å². The molecule has 156 valence electrons. The minimum atomic E-state index is -0.260. The zero-order valence-electron chi connectivity index (χ0n) is 16.5. The van der Waals surface area contributed by atoms with Crippen LogP contribution in [0.4, 0.5) is 5.69 Å². The second-order valence-corrected chi connectivity index (χ2v) is 6.78. The van der Waals surface area contributed by atoms with Gasteiger partial charge in [0.25, 0.3) is 0 Å². The zero-order valence-corrected chi connectivity index (χ0v) is 17.3. The molecular weight excluding hydrogens is 416 g/mol. The van der Waals surface area contributed by atoms with Crippen LogP contribution in [0.25, 0.3) is 11.4 Å². The number of methoxy groups -OCH3 is 1. The number of hydrogen-bond acceptors (Lipinski definition) is 7. The molecule has 2 aromatic carbocycles. The highest BCUT2D eigenvalue weighted by molar-refractivity contribution is 7.71. The highest BCUT2D eigenvalue weighted by atomic mass is 32.1. The summed E-state index contributed by atoms with van der Waals surface area (Å²) in [5.74, 6) is 1.91. The number of nitrogens with zero attached hydrogens (tertiary/aromatic N) is 4. The Hall–Kier alpha value is -4.05. The van der Waals surface area contributed by atoms with Gasteiger partial charge in [-0.05, 0) is 48.6 Å². The van der Waals surface area contributed by atoms with Crippen LogP contribution in [-0.2, 0) is 11.3 Å². The Morgan fingerprint density at radius 3 is 2.74 bits per heavy atom. The van der Waals surface area contributed by atoms with E-state index in [1.807, 2.05) is 24.3 Å². The van der Waals surface area contributed by atoms with Crippen LogP contribution < -0.4 is 14.8 Å². The zero-order chi connectivity index (χ0) is 21.6. The second-order valence-electron chi connectivity index (χ2n) is 6.39. The van der Waals surface area contributed by atoms with Gasteiger partial charge in [-0.25, -0.2) is 4.98 Å². The molecule has 0 spiro atoms. The third-order valence-corrected chi connectivity index (χ3v) is 4.60. The molecule has 0 saturated carbocycles. The highest BCUT2D eigenvalue weighted by Crippen LogP contribution is 2.23. The molecule has 2 aromatic heterocycles. The molecule has 0 bridgehead atoms. The van der Waals surface area contributed by atoms with E-state index in [-0.39, 0.29) is 12.5 Å². The van der Waals surface area contributed by atoms with E-state index in [1.165, 1.54) is 12.4 Å². The van der Waals surface area contributed by atoms with Gasteiger partial charge in [0.2, 0.25) is 11.8 Å². The Morgan fingerprint density at radius 2 is 2.00 bits per heavy atom. The first-order valence-corrected chi connectivity index (χ1v) is 9.66. The minimum Gasteiger partial charge on any atom is -0.497 e. The molecule has 0 aliphatic heterocycles. The Kier molecular flexibility index (Phi) is 5.99. The van der Waals surface area contributed by atoms with Crippen LogP contribution >= 0.6 is 12.2 Å². The number of amides is 1. The van der Waals surface area contributed by atoms with Crippen molar-refractivity contribution in [3.8, 4) is 28.8 Å². The number of aromatic amines is 1. The number of benzene rings is 2. The smallest absolute Gasteiger partial charge is 0.244 e. The molecule has 4 rings (SSSR count). The van der Waals surface area contributed by atoms with Gasteiger partial charge in [0.1, 0.15) is 18.0 Å². The lowest BCUT2D eigenvalue weighted by Gasteiger charge is -2.10. The molecule has 0 fully saturated rings. The van der Waals surface area contributed by atoms with Gasteiger partial charge < -0.3 is 14.8 Å². The highest BCUT2D eigenvalue weighted by Gasteiger charge is 2.13. The van der Waals surface area contributed by atoms with Gasteiger partial charge in [0.15, 0.2) is 10.6 Å². The summed E-state index contributed by atoms with van der Waals surface area (Å²) in [5.41, 5.74) is 1.38. The van der Waals surface area contributed by atoms with Crippen LogP contribution in [0, 0.1) is 4.77 Å². The summed E-state index contributed by atoms with van der Waals surface area (Å²) in [6, 6.07) is 14.3. The number of rotatable bonds is 7. The lowest BCUT2D eigenvalue weighted by Crippen LogP contribution is -2.19. The van der Waals surface area contributed by atoms with Crippen LogP contribution in [-0.4, -0.2) is 37.7 Å². The fourth-order valence-corrected chi connectivity index (χ4v) is 3.06. The maximum absolute atomic E-state index is 12.7. The fraction of sp³-hybridized carbons (Fsp3) is 0.0952. The number of anilines is 1. The normalized spacial score (nSPS) is 10.5. The fourth-order valence-electron chi connectivity index (χ4n) is 2.87. The number of ether oxygens (including phenoxy) is 2. The van der Waals surface area contributed by atoms with Crippen molar-refractivity contribution in [2.45, 2.75) is 6.54 Å². The van der Waals surface area contributed by atoms with E-state index in [0.717, 1.165) is 11.3 Å². The van der Waals surface area contributed by atoms with Crippen molar-refractivity contribution in [2.75, 3.05) is 12.4 Å². The lowest BCUT2D eigenvalue weighted by atomic mass is 10.2. The van der Waals surface area contributed by atoms with Gasteiger partial charge in [0.05, 0.1) is 13.3 Å². The van der Waals surface area contributed by atoms with E-state index in [0.29, 0.717) is 27.9 Å². The largest absolute Gasteiger partial charge is 0.497 e. The number of nitrogens with one attached hydrogen (secondary N) is 2. The summed E-state index contributed by atoms with van der Waals surface area (Å²) in [6.07, 6.45) is 4.60. The number of hydrogen-bond donors (Lipinski definition) is 2. The van der Waals surface area contributed by atoms with Crippen LogP contribution in [0.5, 0.6) is 17.4 Å². The molecule has 0 atom stereocenters. The summed E-state index contributed by atoms with van der Waals surface area (Å²) < 4.78 is 12.8. The van der Waals surface area contributed by atoms with Crippen LogP contribution in [0.15, 0.2) is 67.1 Å². The molecule has 0 radical (unpaired) electrons. The standard InChI is InChI=1S/C21H18N6O3S/c1-29-16-7-5-14(6-8-16)20-25-26-21(31)27(20)13-18(28)24-15-3-2-4-17(11-15)30-19-12-22-9-10-23-19/h2-12H,13H2,1H3,(H,24,28)(H,26,31). The lowest BCUT2D eigenvalue weighted by molar-refractivity contribution is -0.116. The predicted molar refractivity (Wildman–Crippen MR) is 117 cm³/mol.